The first-order valence-corrected chi connectivity index (χ1v) is 7.18. The second-order valence-corrected chi connectivity index (χ2v) is 5.68. The summed E-state index contributed by atoms with van der Waals surface area (Å²) in [6.45, 7) is 2.30. The standard InChI is InChI=1S/C12H16N2O3S/c1-2-3-4-5-9-6-7-14-8-10(11(15)16)18(17)12(14)13-9/h6-7H,2-5,8H2,1H3,(H,15,16). The van der Waals surface area contributed by atoms with Gasteiger partial charge >= 0.3 is 5.97 Å². The number of nitrogens with zero attached hydrogens (tertiary/aromatic N) is 2. The van der Waals surface area contributed by atoms with Gasteiger partial charge in [0.1, 0.15) is 4.86 Å². The van der Waals surface area contributed by atoms with Crippen molar-refractivity contribution in [2.75, 3.05) is 6.54 Å². The van der Waals surface area contributed by atoms with Gasteiger partial charge in [-0.25, -0.2) is 14.0 Å². The molecule has 5 nitrogen and oxygen atoms in total. The van der Waals surface area contributed by atoms with E-state index in [0.717, 1.165) is 31.4 Å². The summed E-state index contributed by atoms with van der Waals surface area (Å²) < 4.78 is 11.9. The lowest BCUT2D eigenvalue weighted by atomic mass is 10.1. The summed E-state index contributed by atoms with van der Waals surface area (Å²) in [6, 6.07) is 0. The summed E-state index contributed by atoms with van der Waals surface area (Å²) in [5, 5.41) is 9.29. The van der Waals surface area contributed by atoms with Crippen molar-refractivity contribution in [3.8, 4) is 0 Å². The summed E-state index contributed by atoms with van der Waals surface area (Å²) in [6.07, 6.45) is 7.83. The zero-order valence-corrected chi connectivity index (χ0v) is 11.1. The van der Waals surface area contributed by atoms with Crippen LogP contribution in [0.2, 0.25) is 0 Å². The van der Waals surface area contributed by atoms with Gasteiger partial charge in [-0.3, -0.25) is 0 Å². The number of fused-ring (bicyclic) bond motifs is 1. The SMILES string of the molecule is CCCCCC1=NC2=S(=O)=C(C(=O)O)CN2C=C1. The monoisotopic (exact) mass is 268 g/mol. The molecule has 18 heavy (non-hydrogen) atoms. The van der Waals surface area contributed by atoms with E-state index in [2.05, 4.69) is 11.9 Å². The van der Waals surface area contributed by atoms with Crippen molar-refractivity contribution < 1.29 is 14.1 Å². The number of carboxylic acids is 1. The lowest BCUT2D eigenvalue weighted by molar-refractivity contribution is -0.129. The van der Waals surface area contributed by atoms with Crippen LogP contribution in [0.4, 0.5) is 0 Å². The predicted molar refractivity (Wildman–Crippen MR) is 73.2 cm³/mol. The maximum atomic E-state index is 11.9. The van der Waals surface area contributed by atoms with Gasteiger partial charge in [0.25, 0.3) is 0 Å². The normalized spacial score (nSPS) is 18.2. The predicted octanol–water partition coefficient (Wildman–Crippen LogP) is 0.944. The van der Waals surface area contributed by atoms with Crippen LogP contribution >= 0.6 is 0 Å². The molecule has 6 heteroatoms. The molecule has 0 aromatic heterocycles. The quantitative estimate of drug-likeness (QED) is 0.595. The fourth-order valence-electron chi connectivity index (χ4n) is 1.90. The number of unbranched alkanes of at least 4 members (excludes halogenated alkanes) is 2. The van der Waals surface area contributed by atoms with Gasteiger partial charge in [0.2, 0.25) is 5.11 Å². The molecule has 0 radical (unpaired) electrons. The Morgan fingerprint density at radius 2 is 2.33 bits per heavy atom. The highest BCUT2D eigenvalue weighted by atomic mass is 32.1. The van der Waals surface area contributed by atoms with Gasteiger partial charge in [-0.2, -0.15) is 0 Å². The van der Waals surface area contributed by atoms with E-state index in [4.69, 9.17) is 5.11 Å². The van der Waals surface area contributed by atoms with Crippen LogP contribution in [-0.4, -0.2) is 42.4 Å². The fraction of sp³-hybridized carbons (Fsp3) is 0.500. The van der Waals surface area contributed by atoms with Crippen LogP contribution in [0.5, 0.6) is 0 Å². The van der Waals surface area contributed by atoms with Crippen LogP contribution in [0, 0.1) is 0 Å². The van der Waals surface area contributed by atoms with Crippen molar-refractivity contribution in [2.45, 2.75) is 32.6 Å². The van der Waals surface area contributed by atoms with E-state index in [0.29, 0.717) is 5.11 Å². The first kappa shape index (κ1) is 12.9. The highest BCUT2D eigenvalue weighted by Gasteiger charge is 2.26. The summed E-state index contributed by atoms with van der Waals surface area (Å²) in [5.41, 5.74) is 0.884. The van der Waals surface area contributed by atoms with Crippen LogP contribution in [0.25, 0.3) is 0 Å². The van der Waals surface area contributed by atoms with Crippen molar-refractivity contribution in [3.63, 3.8) is 0 Å². The van der Waals surface area contributed by atoms with E-state index in [-0.39, 0.29) is 11.4 Å². The van der Waals surface area contributed by atoms with Crippen molar-refractivity contribution in [1.29, 1.82) is 0 Å². The molecular weight excluding hydrogens is 252 g/mol. The van der Waals surface area contributed by atoms with Crippen molar-refractivity contribution in [1.82, 2.24) is 4.90 Å². The van der Waals surface area contributed by atoms with Gasteiger partial charge < -0.3 is 10.0 Å². The molecule has 0 aromatic carbocycles. The minimum Gasteiger partial charge on any atom is -0.477 e. The van der Waals surface area contributed by atoms with Gasteiger partial charge in [0.15, 0.2) is 0 Å². The zero-order valence-electron chi connectivity index (χ0n) is 10.3. The Morgan fingerprint density at radius 3 is 3.00 bits per heavy atom. The fourth-order valence-corrected chi connectivity index (χ4v) is 3.07. The largest absolute Gasteiger partial charge is 0.477 e. The minimum atomic E-state index is -1.61. The van der Waals surface area contributed by atoms with E-state index in [1.165, 1.54) is 0 Å². The first-order chi connectivity index (χ1) is 8.63. The van der Waals surface area contributed by atoms with E-state index in [1.807, 2.05) is 6.08 Å². The van der Waals surface area contributed by atoms with Crippen LogP contribution in [0.15, 0.2) is 17.3 Å². The number of carboxylic acid groups (broad SMARTS) is 1. The Bertz CT molecular complexity index is 572. The van der Waals surface area contributed by atoms with E-state index >= 15 is 0 Å². The van der Waals surface area contributed by atoms with E-state index < -0.39 is 15.9 Å². The number of hydrogen-bond donors (Lipinski definition) is 1. The van der Waals surface area contributed by atoms with Gasteiger partial charge in [-0.05, 0) is 18.9 Å². The highest BCUT2D eigenvalue weighted by molar-refractivity contribution is 7.86. The molecule has 2 rings (SSSR count). The van der Waals surface area contributed by atoms with Crippen LogP contribution < -0.4 is 0 Å². The molecule has 0 atom stereocenters. The number of allylic oxidation sites excluding steroid dienone is 1. The van der Waals surface area contributed by atoms with E-state index in [9.17, 15) is 9.00 Å². The Kier molecular flexibility index (Phi) is 3.86. The second-order valence-electron chi connectivity index (χ2n) is 4.28. The topological polar surface area (TPSA) is 70.0 Å². The summed E-state index contributed by atoms with van der Waals surface area (Å²) in [5.74, 6) is -1.11. The molecule has 2 heterocycles. The lowest BCUT2D eigenvalue weighted by Crippen LogP contribution is -2.29. The maximum absolute atomic E-state index is 11.9. The van der Waals surface area contributed by atoms with Crippen LogP contribution in [-0.2, 0) is 14.8 Å². The van der Waals surface area contributed by atoms with Gasteiger partial charge in [-0.1, -0.05) is 19.8 Å². The Balaban J connectivity index is 2.22. The number of rotatable bonds is 5. The van der Waals surface area contributed by atoms with Crippen LogP contribution in [0.3, 0.4) is 0 Å². The molecule has 0 aromatic rings. The molecule has 2 aliphatic heterocycles. The smallest absolute Gasteiger partial charge is 0.346 e. The number of carbonyl (C=O) groups is 1. The average Bonchev–Trinajstić information content (AvgIpc) is 2.67. The highest BCUT2D eigenvalue weighted by Crippen LogP contribution is 2.11. The molecular formula is C12H16N2O3S. The first-order valence-electron chi connectivity index (χ1n) is 6.03. The maximum Gasteiger partial charge on any atom is 0.346 e. The van der Waals surface area contributed by atoms with Crippen molar-refractivity contribution in [2.24, 2.45) is 4.99 Å². The molecule has 1 N–H and O–H groups in total. The van der Waals surface area contributed by atoms with Crippen LogP contribution in [0.1, 0.15) is 32.6 Å². The second kappa shape index (κ2) is 5.39. The summed E-state index contributed by atoms with van der Waals surface area (Å²) in [4.78, 5) is 16.9. The molecule has 0 aliphatic carbocycles. The Morgan fingerprint density at radius 1 is 1.56 bits per heavy atom. The molecule has 0 amide bonds. The lowest BCUT2D eigenvalue weighted by Gasteiger charge is -2.18. The zero-order chi connectivity index (χ0) is 13.1. The summed E-state index contributed by atoms with van der Waals surface area (Å²) in [7, 11) is -1.61. The molecule has 0 bridgehead atoms. The molecule has 0 saturated heterocycles. The van der Waals surface area contributed by atoms with Gasteiger partial charge in [0.05, 0.1) is 16.5 Å². The third-order valence-corrected chi connectivity index (χ3v) is 4.32. The molecule has 98 valence electrons. The molecule has 0 saturated carbocycles. The Labute approximate surface area is 107 Å². The number of aliphatic carboxylic acids is 1. The molecule has 2 aliphatic rings. The van der Waals surface area contributed by atoms with Gasteiger partial charge in [-0.15, -0.1) is 0 Å². The number of aliphatic imine (C=N–C) groups is 1. The molecule has 0 fully saturated rings. The molecule has 0 unspecified atom stereocenters. The van der Waals surface area contributed by atoms with Crippen molar-refractivity contribution in [3.05, 3.63) is 12.3 Å². The molecule has 0 spiro atoms. The van der Waals surface area contributed by atoms with E-state index in [1.54, 1.807) is 11.1 Å². The third-order valence-electron chi connectivity index (χ3n) is 2.91. The summed E-state index contributed by atoms with van der Waals surface area (Å²) >= 11 is 0. The van der Waals surface area contributed by atoms with Gasteiger partial charge in [0, 0.05) is 11.9 Å². The number of hydrogen-bond acceptors (Lipinski definition) is 4. The third kappa shape index (κ3) is 2.48. The van der Waals surface area contributed by atoms with Crippen molar-refractivity contribution >= 4 is 31.6 Å². The minimum absolute atomic E-state index is 0.00760. The average molecular weight is 268 g/mol. The Hall–Kier alpha value is -1.56.